The van der Waals surface area contributed by atoms with Crippen LogP contribution in [0.1, 0.15) is 37.8 Å². The number of benzene rings is 3. The number of nitrogens with zero attached hydrogens (tertiary/aromatic N) is 1. The van der Waals surface area contributed by atoms with Crippen LogP contribution in [0, 0.1) is 0 Å². The summed E-state index contributed by atoms with van der Waals surface area (Å²) in [6.07, 6.45) is 0. The van der Waals surface area contributed by atoms with Gasteiger partial charge in [0.15, 0.2) is 0 Å². The average molecular weight is 457 g/mol. The van der Waals surface area contributed by atoms with Crippen molar-refractivity contribution in [2.75, 3.05) is 23.9 Å². The molecule has 1 aliphatic heterocycles. The molecule has 3 aromatic carbocycles. The van der Waals surface area contributed by atoms with Gasteiger partial charge in [-0.1, -0.05) is 44.2 Å². The van der Waals surface area contributed by atoms with Crippen LogP contribution in [0.2, 0.25) is 0 Å². The molecule has 0 spiro atoms. The summed E-state index contributed by atoms with van der Waals surface area (Å²) in [6, 6.07) is 22.0. The van der Waals surface area contributed by atoms with E-state index in [1.54, 1.807) is 55.6 Å². The Morgan fingerprint density at radius 1 is 0.882 bits per heavy atom. The van der Waals surface area contributed by atoms with Gasteiger partial charge >= 0.3 is 0 Å². The van der Waals surface area contributed by atoms with Crippen molar-refractivity contribution in [2.24, 2.45) is 0 Å². The lowest BCUT2D eigenvalue weighted by Gasteiger charge is -2.16. The quantitative estimate of drug-likeness (QED) is 0.446. The van der Waals surface area contributed by atoms with Crippen molar-refractivity contribution in [3.8, 4) is 11.5 Å². The molecule has 3 aromatic rings. The second-order valence-corrected chi connectivity index (χ2v) is 8.26. The van der Waals surface area contributed by atoms with Crippen LogP contribution in [0.4, 0.5) is 11.4 Å². The average Bonchev–Trinajstić information content (AvgIpc) is 3.09. The summed E-state index contributed by atoms with van der Waals surface area (Å²) in [4.78, 5) is 28.4. The van der Waals surface area contributed by atoms with Crippen molar-refractivity contribution in [1.82, 2.24) is 0 Å². The normalized spacial score (nSPS) is 13.6. The van der Waals surface area contributed by atoms with Crippen LogP contribution in [-0.4, -0.2) is 25.5 Å². The van der Waals surface area contributed by atoms with Gasteiger partial charge in [-0.2, -0.15) is 0 Å². The Bertz CT molecular complexity index is 1230. The second kappa shape index (κ2) is 9.83. The third kappa shape index (κ3) is 4.53. The van der Waals surface area contributed by atoms with Crippen LogP contribution >= 0.6 is 0 Å². The Hall–Kier alpha value is -4.06. The molecule has 4 rings (SSSR count). The van der Waals surface area contributed by atoms with Crippen LogP contribution in [0.15, 0.2) is 78.5 Å². The molecule has 6 heteroatoms. The molecular formula is C28H28N2O4. The molecule has 0 unspecified atom stereocenters. The Morgan fingerprint density at radius 3 is 2.21 bits per heavy atom. The van der Waals surface area contributed by atoms with Crippen molar-refractivity contribution >= 4 is 28.8 Å². The van der Waals surface area contributed by atoms with E-state index < -0.39 is 11.8 Å². The fraction of sp³-hybridized carbons (Fsp3) is 0.214. The Labute approximate surface area is 199 Å². The Kier molecular flexibility index (Phi) is 6.68. The Morgan fingerprint density at radius 2 is 1.59 bits per heavy atom. The van der Waals surface area contributed by atoms with E-state index in [4.69, 9.17) is 9.47 Å². The van der Waals surface area contributed by atoms with Crippen LogP contribution in [0.5, 0.6) is 11.5 Å². The van der Waals surface area contributed by atoms with E-state index in [0.29, 0.717) is 40.8 Å². The summed E-state index contributed by atoms with van der Waals surface area (Å²) in [5.41, 5.74) is 3.55. The molecule has 0 aromatic heterocycles. The summed E-state index contributed by atoms with van der Waals surface area (Å²) < 4.78 is 10.8. The maximum Gasteiger partial charge on any atom is 0.282 e. The Balaban J connectivity index is 1.76. The highest BCUT2D eigenvalue weighted by atomic mass is 16.5. The number of rotatable bonds is 8. The third-order valence-electron chi connectivity index (χ3n) is 5.70. The van der Waals surface area contributed by atoms with Crippen molar-refractivity contribution < 1.29 is 19.1 Å². The van der Waals surface area contributed by atoms with Crippen LogP contribution < -0.4 is 19.7 Å². The summed E-state index contributed by atoms with van der Waals surface area (Å²) >= 11 is 0. The topological polar surface area (TPSA) is 67.9 Å². The monoisotopic (exact) mass is 456 g/mol. The molecule has 0 saturated carbocycles. The molecule has 174 valence electrons. The lowest BCUT2D eigenvalue weighted by atomic mass is 10.0. The van der Waals surface area contributed by atoms with Gasteiger partial charge in [-0.3, -0.25) is 9.59 Å². The van der Waals surface area contributed by atoms with E-state index in [0.717, 1.165) is 5.69 Å². The lowest BCUT2D eigenvalue weighted by molar-refractivity contribution is -0.120. The zero-order valence-corrected chi connectivity index (χ0v) is 19.8. The minimum Gasteiger partial charge on any atom is -0.497 e. The van der Waals surface area contributed by atoms with Gasteiger partial charge in [0.1, 0.15) is 17.2 Å². The lowest BCUT2D eigenvalue weighted by Crippen LogP contribution is -2.32. The number of amides is 2. The zero-order valence-electron chi connectivity index (χ0n) is 19.8. The zero-order chi connectivity index (χ0) is 24.2. The van der Waals surface area contributed by atoms with Gasteiger partial charge in [-0.15, -0.1) is 0 Å². The van der Waals surface area contributed by atoms with Crippen LogP contribution in [0.25, 0.3) is 5.57 Å². The molecule has 6 nitrogen and oxygen atoms in total. The summed E-state index contributed by atoms with van der Waals surface area (Å²) in [7, 11) is 1.58. The van der Waals surface area contributed by atoms with E-state index in [1.807, 2.05) is 31.2 Å². The van der Waals surface area contributed by atoms with E-state index in [1.165, 1.54) is 10.5 Å². The highest BCUT2D eigenvalue weighted by Gasteiger charge is 2.40. The molecule has 1 N–H and O–H groups in total. The van der Waals surface area contributed by atoms with E-state index in [2.05, 4.69) is 19.2 Å². The van der Waals surface area contributed by atoms with Gasteiger partial charge in [-0.05, 0) is 60.4 Å². The first kappa shape index (κ1) is 23.1. The van der Waals surface area contributed by atoms with Crippen molar-refractivity contribution in [3.63, 3.8) is 0 Å². The fourth-order valence-electron chi connectivity index (χ4n) is 3.88. The highest BCUT2D eigenvalue weighted by Crippen LogP contribution is 2.35. The van der Waals surface area contributed by atoms with Gasteiger partial charge in [-0.25, -0.2) is 4.90 Å². The number of carbonyl (C=O) groups is 2. The molecule has 0 fully saturated rings. The van der Waals surface area contributed by atoms with Crippen LogP contribution in [0.3, 0.4) is 0 Å². The number of ether oxygens (including phenoxy) is 2. The van der Waals surface area contributed by atoms with E-state index in [-0.39, 0.29) is 5.70 Å². The highest BCUT2D eigenvalue weighted by molar-refractivity contribution is 6.46. The largest absolute Gasteiger partial charge is 0.497 e. The maximum atomic E-state index is 13.6. The molecule has 34 heavy (non-hydrogen) atoms. The number of methoxy groups -OCH3 is 1. The van der Waals surface area contributed by atoms with E-state index >= 15 is 0 Å². The van der Waals surface area contributed by atoms with Gasteiger partial charge in [0, 0.05) is 11.8 Å². The molecule has 0 bridgehead atoms. The molecule has 0 atom stereocenters. The summed E-state index contributed by atoms with van der Waals surface area (Å²) in [5, 5.41) is 3.21. The molecule has 1 aliphatic rings. The SMILES string of the molecule is CCOc1cccc(N2C(=O)C(Nc3ccc(C(C)C)cc3)=C(c3ccc(OC)cc3)C2=O)c1. The van der Waals surface area contributed by atoms with Crippen LogP contribution in [-0.2, 0) is 9.59 Å². The number of nitrogens with one attached hydrogen (secondary N) is 1. The number of carbonyl (C=O) groups excluding carboxylic acids is 2. The van der Waals surface area contributed by atoms with E-state index in [9.17, 15) is 9.59 Å². The second-order valence-electron chi connectivity index (χ2n) is 8.26. The first-order valence-corrected chi connectivity index (χ1v) is 11.3. The number of hydrogen-bond donors (Lipinski definition) is 1. The number of hydrogen-bond acceptors (Lipinski definition) is 5. The predicted octanol–water partition coefficient (Wildman–Crippen LogP) is 5.61. The molecule has 0 aliphatic carbocycles. The molecule has 1 heterocycles. The minimum absolute atomic E-state index is 0.231. The van der Waals surface area contributed by atoms with Crippen molar-refractivity contribution in [1.29, 1.82) is 0 Å². The molecule has 0 saturated heterocycles. The standard InChI is InChI=1S/C28H28N2O4/c1-5-34-24-8-6-7-22(17-24)30-27(31)25(20-11-15-23(33-4)16-12-20)26(28(30)32)29-21-13-9-19(10-14-21)18(2)3/h6-18,29H,5H2,1-4H3. The third-order valence-corrected chi connectivity index (χ3v) is 5.70. The first-order valence-electron chi connectivity index (χ1n) is 11.3. The smallest absolute Gasteiger partial charge is 0.282 e. The maximum absolute atomic E-state index is 13.6. The van der Waals surface area contributed by atoms with Gasteiger partial charge in [0.25, 0.3) is 11.8 Å². The number of anilines is 2. The molecular weight excluding hydrogens is 428 g/mol. The van der Waals surface area contributed by atoms with Gasteiger partial charge in [0.05, 0.1) is 25.0 Å². The fourth-order valence-corrected chi connectivity index (χ4v) is 3.88. The minimum atomic E-state index is -0.419. The predicted molar refractivity (Wildman–Crippen MR) is 134 cm³/mol. The number of imide groups is 1. The molecule has 2 amide bonds. The van der Waals surface area contributed by atoms with Crippen molar-refractivity contribution in [3.05, 3.63) is 89.6 Å². The summed E-state index contributed by atoms with van der Waals surface area (Å²) in [5.74, 6) is 0.840. The first-order chi connectivity index (χ1) is 16.4. The van der Waals surface area contributed by atoms with Gasteiger partial charge < -0.3 is 14.8 Å². The molecule has 0 radical (unpaired) electrons. The summed E-state index contributed by atoms with van der Waals surface area (Å²) in [6.45, 7) is 6.62. The van der Waals surface area contributed by atoms with Gasteiger partial charge in [0.2, 0.25) is 0 Å². The van der Waals surface area contributed by atoms with Crippen molar-refractivity contribution in [2.45, 2.75) is 26.7 Å².